The van der Waals surface area contributed by atoms with Gasteiger partial charge < -0.3 is 15.2 Å². The van der Waals surface area contributed by atoms with Gasteiger partial charge in [-0.25, -0.2) is 0 Å². The van der Waals surface area contributed by atoms with Gasteiger partial charge in [0, 0.05) is 11.6 Å². The van der Waals surface area contributed by atoms with Gasteiger partial charge in [-0.2, -0.15) is 0 Å². The molecule has 0 aliphatic heterocycles. The van der Waals surface area contributed by atoms with Crippen molar-refractivity contribution in [1.82, 2.24) is 0 Å². The third-order valence-electron chi connectivity index (χ3n) is 3.29. The minimum atomic E-state index is -0.0232. The maximum absolute atomic E-state index is 6.16. The molecule has 2 rings (SSSR count). The Morgan fingerprint density at radius 2 is 1.52 bits per heavy atom. The van der Waals surface area contributed by atoms with E-state index in [0.717, 1.165) is 35.7 Å². The predicted molar refractivity (Wildman–Crippen MR) is 86.0 cm³/mol. The number of nitrogens with two attached hydrogens (primary N) is 1. The van der Waals surface area contributed by atoms with Gasteiger partial charge in [-0.05, 0) is 31.0 Å². The molecule has 3 heteroatoms. The Morgan fingerprint density at radius 1 is 0.905 bits per heavy atom. The second-order valence-electron chi connectivity index (χ2n) is 4.95. The fourth-order valence-corrected chi connectivity index (χ4v) is 2.08. The molecule has 2 aromatic carbocycles. The van der Waals surface area contributed by atoms with Crippen LogP contribution in [0.3, 0.4) is 0 Å². The topological polar surface area (TPSA) is 44.5 Å². The summed E-state index contributed by atoms with van der Waals surface area (Å²) in [5.41, 5.74) is 7.17. The molecule has 0 radical (unpaired) electrons. The summed E-state index contributed by atoms with van der Waals surface area (Å²) >= 11 is 0. The van der Waals surface area contributed by atoms with E-state index in [2.05, 4.69) is 13.8 Å². The van der Waals surface area contributed by atoms with Gasteiger partial charge in [0.05, 0.1) is 6.61 Å². The van der Waals surface area contributed by atoms with Crippen LogP contribution in [0.5, 0.6) is 17.2 Å². The number of para-hydroxylation sites is 3. The Bertz CT molecular complexity index is 569. The quantitative estimate of drug-likeness (QED) is 0.803. The second-order valence-corrected chi connectivity index (χ2v) is 4.95. The van der Waals surface area contributed by atoms with Crippen molar-refractivity contribution in [2.45, 2.75) is 32.7 Å². The summed E-state index contributed by atoms with van der Waals surface area (Å²) in [5, 5.41) is 0. The second kappa shape index (κ2) is 7.70. The Kier molecular flexibility index (Phi) is 5.64. The smallest absolute Gasteiger partial charge is 0.169 e. The first kappa shape index (κ1) is 15.4. The maximum Gasteiger partial charge on any atom is 0.169 e. The molecule has 0 amide bonds. The summed E-state index contributed by atoms with van der Waals surface area (Å²) in [6.45, 7) is 4.83. The third kappa shape index (κ3) is 3.99. The Morgan fingerprint density at radius 3 is 2.19 bits per heavy atom. The normalized spacial score (nSPS) is 12.0. The van der Waals surface area contributed by atoms with E-state index in [-0.39, 0.29) is 6.04 Å². The van der Waals surface area contributed by atoms with Crippen molar-refractivity contribution in [3.63, 3.8) is 0 Å². The molecule has 3 nitrogen and oxygen atoms in total. The first-order valence-corrected chi connectivity index (χ1v) is 7.50. The molecule has 0 spiro atoms. The molecular formula is C18H23NO2. The summed E-state index contributed by atoms with van der Waals surface area (Å²) in [6.07, 6.45) is 1.83. The molecule has 0 aliphatic rings. The van der Waals surface area contributed by atoms with E-state index in [0.29, 0.717) is 6.61 Å². The molecule has 0 saturated heterocycles. The van der Waals surface area contributed by atoms with Crippen molar-refractivity contribution < 1.29 is 9.47 Å². The Balaban J connectivity index is 2.26. The SMILES string of the molecule is CCCOc1ccccc1Oc1ccccc1[C@@H](N)CC. The third-order valence-corrected chi connectivity index (χ3v) is 3.29. The fraction of sp³-hybridized carbons (Fsp3) is 0.333. The lowest BCUT2D eigenvalue weighted by atomic mass is 10.0. The van der Waals surface area contributed by atoms with Crippen LogP contribution in [-0.2, 0) is 0 Å². The van der Waals surface area contributed by atoms with Gasteiger partial charge in [-0.1, -0.05) is 44.2 Å². The molecule has 0 aliphatic carbocycles. The van der Waals surface area contributed by atoms with E-state index < -0.39 is 0 Å². The first-order valence-electron chi connectivity index (χ1n) is 7.50. The van der Waals surface area contributed by atoms with E-state index in [1.165, 1.54) is 0 Å². The highest BCUT2D eigenvalue weighted by molar-refractivity contribution is 5.45. The molecule has 112 valence electrons. The zero-order chi connectivity index (χ0) is 15.1. The van der Waals surface area contributed by atoms with Gasteiger partial charge in [0.15, 0.2) is 11.5 Å². The molecule has 0 aromatic heterocycles. The molecule has 0 saturated carbocycles. The minimum Gasteiger partial charge on any atom is -0.490 e. The molecule has 2 aromatic rings. The number of hydrogen-bond acceptors (Lipinski definition) is 3. The molecule has 0 unspecified atom stereocenters. The first-order chi connectivity index (χ1) is 10.3. The molecule has 0 fully saturated rings. The largest absolute Gasteiger partial charge is 0.490 e. The molecule has 2 N–H and O–H groups in total. The Hall–Kier alpha value is -2.00. The highest BCUT2D eigenvalue weighted by atomic mass is 16.5. The van der Waals surface area contributed by atoms with Gasteiger partial charge in [-0.3, -0.25) is 0 Å². The summed E-state index contributed by atoms with van der Waals surface area (Å²) in [4.78, 5) is 0. The molecular weight excluding hydrogens is 262 g/mol. The van der Waals surface area contributed by atoms with Crippen molar-refractivity contribution in [3.05, 3.63) is 54.1 Å². The fourth-order valence-electron chi connectivity index (χ4n) is 2.08. The zero-order valence-corrected chi connectivity index (χ0v) is 12.7. The van der Waals surface area contributed by atoms with Crippen LogP contribution in [0.15, 0.2) is 48.5 Å². The van der Waals surface area contributed by atoms with Crippen LogP contribution in [0, 0.1) is 0 Å². The predicted octanol–water partition coefficient (Wildman–Crippen LogP) is 4.68. The highest BCUT2D eigenvalue weighted by Gasteiger charge is 2.12. The van der Waals surface area contributed by atoms with Gasteiger partial charge in [0.1, 0.15) is 5.75 Å². The van der Waals surface area contributed by atoms with Gasteiger partial charge in [-0.15, -0.1) is 0 Å². The number of benzene rings is 2. The van der Waals surface area contributed by atoms with Gasteiger partial charge in [0.25, 0.3) is 0 Å². The lowest BCUT2D eigenvalue weighted by Gasteiger charge is -2.17. The van der Waals surface area contributed by atoms with Crippen LogP contribution < -0.4 is 15.2 Å². The van der Waals surface area contributed by atoms with Crippen LogP contribution in [-0.4, -0.2) is 6.61 Å². The van der Waals surface area contributed by atoms with Gasteiger partial charge >= 0.3 is 0 Å². The number of hydrogen-bond donors (Lipinski definition) is 1. The Labute approximate surface area is 126 Å². The average Bonchev–Trinajstić information content (AvgIpc) is 2.54. The standard InChI is InChI=1S/C18H23NO2/c1-3-13-20-17-11-7-8-12-18(17)21-16-10-6-5-9-14(16)15(19)4-2/h5-12,15H,3-4,13,19H2,1-2H3/t15-/m0/s1. The molecule has 0 bridgehead atoms. The van der Waals surface area contributed by atoms with Crippen LogP contribution in [0.1, 0.15) is 38.3 Å². The van der Waals surface area contributed by atoms with E-state index >= 15 is 0 Å². The van der Waals surface area contributed by atoms with Crippen molar-refractivity contribution in [1.29, 1.82) is 0 Å². The van der Waals surface area contributed by atoms with E-state index in [9.17, 15) is 0 Å². The maximum atomic E-state index is 6.16. The summed E-state index contributed by atoms with van der Waals surface area (Å²) in [7, 11) is 0. The van der Waals surface area contributed by atoms with E-state index in [1.807, 2.05) is 48.5 Å². The van der Waals surface area contributed by atoms with Gasteiger partial charge in [0.2, 0.25) is 0 Å². The lowest BCUT2D eigenvalue weighted by Crippen LogP contribution is -2.10. The van der Waals surface area contributed by atoms with Crippen molar-refractivity contribution in [2.75, 3.05) is 6.61 Å². The lowest BCUT2D eigenvalue weighted by molar-refractivity contribution is 0.301. The summed E-state index contributed by atoms with van der Waals surface area (Å²) in [6, 6.07) is 15.6. The van der Waals surface area contributed by atoms with E-state index in [4.69, 9.17) is 15.2 Å². The van der Waals surface area contributed by atoms with Crippen LogP contribution in [0.4, 0.5) is 0 Å². The average molecular weight is 285 g/mol. The van der Waals surface area contributed by atoms with Crippen LogP contribution >= 0.6 is 0 Å². The van der Waals surface area contributed by atoms with Crippen LogP contribution in [0.25, 0.3) is 0 Å². The molecule has 1 atom stereocenters. The summed E-state index contributed by atoms with van der Waals surface area (Å²) < 4.78 is 11.8. The monoisotopic (exact) mass is 285 g/mol. The van der Waals surface area contributed by atoms with E-state index in [1.54, 1.807) is 0 Å². The van der Waals surface area contributed by atoms with Crippen LogP contribution in [0.2, 0.25) is 0 Å². The summed E-state index contributed by atoms with van der Waals surface area (Å²) in [5.74, 6) is 2.28. The molecule has 0 heterocycles. The zero-order valence-electron chi connectivity index (χ0n) is 12.7. The number of ether oxygens (including phenoxy) is 2. The highest BCUT2D eigenvalue weighted by Crippen LogP contribution is 2.35. The van der Waals surface area contributed by atoms with Crippen molar-refractivity contribution in [3.8, 4) is 17.2 Å². The molecule has 21 heavy (non-hydrogen) atoms. The minimum absolute atomic E-state index is 0.0232. The van der Waals surface area contributed by atoms with Crippen molar-refractivity contribution in [2.24, 2.45) is 5.73 Å². The number of rotatable bonds is 7. The van der Waals surface area contributed by atoms with Crippen molar-refractivity contribution >= 4 is 0 Å².